The van der Waals surface area contributed by atoms with E-state index in [1.165, 1.54) is 38.0 Å². The third-order valence-electron chi connectivity index (χ3n) is 4.81. The van der Waals surface area contributed by atoms with Gasteiger partial charge >= 0.3 is 0 Å². The van der Waals surface area contributed by atoms with Gasteiger partial charge in [-0.25, -0.2) is 0 Å². The quantitative estimate of drug-likeness (QED) is 0.772. The molecule has 0 radical (unpaired) electrons. The van der Waals surface area contributed by atoms with Gasteiger partial charge in [0.15, 0.2) is 0 Å². The smallest absolute Gasteiger partial charge is 0.0991 e. The van der Waals surface area contributed by atoms with E-state index in [1.54, 1.807) is 0 Å². The van der Waals surface area contributed by atoms with E-state index in [4.69, 9.17) is 5.26 Å². The molecule has 0 amide bonds. The molecule has 3 nitrogen and oxygen atoms in total. The minimum absolute atomic E-state index is 0.581. The highest BCUT2D eigenvalue weighted by Gasteiger charge is 2.39. The van der Waals surface area contributed by atoms with Gasteiger partial charge in [-0.15, -0.1) is 0 Å². The minimum atomic E-state index is 0.581. The monoisotopic (exact) mass is 255 g/mol. The SMILES string of the molecule is CN1CCC2(CCN(c3ccc(C#N)cc3)CC2)C1. The molecular formula is C16H21N3. The van der Waals surface area contributed by atoms with Gasteiger partial charge in [0.25, 0.3) is 0 Å². The summed E-state index contributed by atoms with van der Waals surface area (Å²) in [4.78, 5) is 4.93. The summed E-state index contributed by atoms with van der Waals surface area (Å²) >= 11 is 0. The Bertz CT molecular complexity index is 478. The molecule has 1 aromatic carbocycles. The van der Waals surface area contributed by atoms with Gasteiger partial charge in [0.05, 0.1) is 11.6 Å². The van der Waals surface area contributed by atoms with E-state index in [-0.39, 0.29) is 0 Å². The Hall–Kier alpha value is -1.53. The van der Waals surface area contributed by atoms with Crippen molar-refractivity contribution in [2.75, 3.05) is 38.1 Å². The van der Waals surface area contributed by atoms with Crippen LogP contribution >= 0.6 is 0 Å². The molecule has 2 aliphatic rings. The van der Waals surface area contributed by atoms with Crippen molar-refractivity contribution in [3.63, 3.8) is 0 Å². The highest BCUT2D eigenvalue weighted by atomic mass is 15.2. The van der Waals surface area contributed by atoms with E-state index >= 15 is 0 Å². The third-order valence-corrected chi connectivity index (χ3v) is 4.81. The molecular weight excluding hydrogens is 234 g/mol. The molecule has 2 aliphatic heterocycles. The van der Waals surface area contributed by atoms with Crippen LogP contribution in [0.15, 0.2) is 24.3 Å². The van der Waals surface area contributed by atoms with Crippen molar-refractivity contribution >= 4 is 5.69 Å². The van der Waals surface area contributed by atoms with Gasteiger partial charge in [0, 0.05) is 25.3 Å². The van der Waals surface area contributed by atoms with Crippen LogP contribution in [0.2, 0.25) is 0 Å². The highest BCUT2D eigenvalue weighted by molar-refractivity contribution is 5.50. The van der Waals surface area contributed by atoms with Crippen LogP contribution in [-0.4, -0.2) is 38.1 Å². The van der Waals surface area contributed by atoms with E-state index in [1.807, 2.05) is 12.1 Å². The summed E-state index contributed by atoms with van der Waals surface area (Å²) in [6, 6.07) is 10.2. The highest BCUT2D eigenvalue weighted by Crippen LogP contribution is 2.40. The second-order valence-electron chi connectivity index (χ2n) is 6.13. The fraction of sp³-hybridized carbons (Fsp3) is 0.562. The summed E-state index contributed by atoms with van der Waals surface area (Å²) < 4.78 is 0. The zero-order valence-corrected chi connectivity index (χ0v) is 11.6. The average molecular weight is 255 g/mol. The summed E-state index contributed by atoms with van der Waals surface area (Å²) in [5.41, 5.74) is 2.59. The first kappa shape index (κ1) is 12.5. The Labute approximate surface area is 115 Å². The largest absolute Gasteiger partial charge is 0.371 e. The Kier molecular flexibility index (Phi) is 3.20. The van der Waals surface area contributed by atoms with Crippen molar-refractivity contribution < 1.29 is 0 Å². The molecule has 1 spiro atoms. The summed E-state index contributed by atoms with van der Waals surface area (Å²) in [6.07, 6.45) is 3.97. The van der Waals surface area contributed by atoms with E-state index in [2.05, 4.69) is 35.0 Å². The van der Waals surface area contributed by atoms with Crippen LogP contribution in [0.3, 0.4) is 0 Å². The molecule has 2 fully saturated rings. The Balaban J connectivity index is 1.65. The molecule has 3 heteroatoms. The maximum absolute atomic E-state index is 8.83. The Morgan fingerprint density at radius 2 is 1.68 bits per heavy atom. The number of benzene rings is 1. The number of likely N-dealkylation sites (tertiary alicyclic amines) is 1. The zero-order chi connectivity index (χ0) is 13.3. The predicted octanol–water partition coefficient (Wildman–Crippen LogP) is 2.48. The van der Waals surface area contributed by atoms with Crippen LogP contribution < -0.4 is 4.90 Å². The van der Waals surface area contributed by atoms with Gasteiger partial charge in [-0.1, -0.05) is 0 Å². The van der Waals surface area contributed by atoms with Crippen molar-refractivity contribution in [3.8, 4) is 6.07 Å². The fourth-order valence-corrected chi connectivity index (χ4v) is 3.55. The molecule has 0 aliphatic carbocycles. The van der Waals surface area contributed by atoms with Crippen LogP contribution in [0.25, 0.3) is 0 Å². The van der Waals surface area contributed by atoms with Crippen LogP contribution in [0, 0.1) is 16.7 Å². The molecule has 100 valence electrons. The van der Waals surface area contributed by atoms with E-state index in [0.717, 1.165) is 18.7 Å². The Morgan fingerprint density at radius 1 is 1.05 bits per heavy atom. The van der Waals surface area contributed by atoms with Gasteiger partial charge in [0.1, 0.15) is 0 Å². The summed E-state index contributed by atoms with van der Waals surface area (Å²) in [5.74, 6) is 0. The summed E-state index contributed by atoms with van der Waals surface area (Å²) in [7, 11) is 2.24. The molecule has 0 atom stereocenters. The van der Waals surface area contributed by atoms with Gasteiger partial charge in [-0.05, 0) is 62.5 Å². The number of hydrogen-bond acceptors (Lipinski definition) is 3. The van der Waals surface area contributed by atoms with Crippen molar-refractivity contribution in [3.05, 3.63) is 29.8 Å². The van der Waals surface area contributed by atoms with Gasteiger partial charge in [0.2, 0.25) is 0 Å². The van der Waals surface area contributed by atoms with Crippen molar-refractivity contribution in [1.29, 1.82) is 5.26 Å². The molecule has 1 aromatic rings. The Morgan fingerprint density at radius 3 is 2.21 bits per heavy atom. The molecule has 0 aromatic heterocycles. The third kappa shape index (κ3) is 2.46. The van der Waals surface area contributed by atoms with Crippen molar-refractivity contribution in [2.45, 2.75) is 19.3 Å². The maximum Gasteiger partial charge on any atom is 0.0991 e. The molecule has 0 saturated carbocycles. The number of nitriles is 1. The van der Waals surface area contributed by atoms with Crippen LogP contribution in [0.1, 0.15) is 24.8 Å². The number of rotatable bonds is 1. The number of nitrogens with zero attached hydrogens (tertiary/aromatic N) is 3. The molecule has 2 heterocycles. The molecule has 3 rings (SSSR count). The summed E-state index contributed by atoms with van der Waals surface area (Å²) in [6.45, 7) is 4.84. The van der Waals surface area contributed by atoms with E-state index in [9.17, 15) is 0 Å². The number of anilines is 1. The zero-order valence-electron chi connectivity index (χ0n) is 11.6. The number of piperidine rings is 1. The standard InChI is InChI=1S/C16H21N3/c1-18-9-6-16(13-18)7-10-19(11-8-16)15-4-2-14(12-17)3-5-15/h2-5H,6-11,13H2,1H3. The average Bonchev–Trinajstić information content (AvgIpc) is 2.81. The molecule has 0 unspecified atom stereocenters. The topological polar surface area (TPSA) is 30.3 Å². The van der Waals surface area contributed by atoms with E-state index < -0.39 is 0 Å². The van der Waals surface area contributed by atoms with Crippen LogP contribution in [0.5, 0.6) is 0 Å². The normalized spacial score (nSPS) is 22.6. The lowest BCUT2D eigenvalue weighted by Crippen LogP contribution is -2.41. The molecule has 0 N–H and O–H groups in total. The van der Waals surface area contributed by atoms with Gasteiger partial charge < -0.3 is 9.80 Å². The first-order valence-corrected chi connectivity index (χ1v) is 7.14. The second-order valence-corrected chi connectivity index (χ2v) is 6.13. The van der Waals surface area contributed by atoms with Crippen molar-refractivity contribution in [1.82, 2.24) is 4.90 Å². The second kappa shape index (κ2) is 4.86. The van der Waals surface area contributed by atoms with Gasteiger partial charge in [-0.3, -0.25) is 0 Å². The van der Waals surface area contributed by atoms with Crippen molar-refractivity contribution in [2.24, 2.45) is 5.41 Å². The van der Waals surface area contributed by atoms with E-state index in [0.29, 0.717) is 5.41 Å². The molecule has 2 saturated heterocycles. The maximum atomic E-state index is 8.83. The first-order chi connectivity index (χ1) is 9.21. The molecule has 0 bridgehead atoms. The predicted molar refractivity (Wildman–Crippen MR) is 77.2 cm³/mol. The lowest BCUT2D eigenvalue weighted by Gasteiger charge is -2.40. The number of hydrogen-bond donors (Lipinski definition) is 0. The summed E-state index contributed by atoms with van der Waals surface area (Å²) in [5, 5.41) is 8.83. The minimum Gasteiger partial charge on any atom is -0.371 e. The van der Waals surface area contributed by atoms with Crippen LogP contribution in [0.4, 0.5) is 5.69 Å². The lowest BCUT2D eigenvalue weighted by atomic mass is 9.77. The molecule has 19 heavy (non-hydrogen) atoms. The lowest BCUT2D eigenvalue weighted by molar-refractivity contribution is 0.222. The fourth-order valence-electron chi connectivity index (χ4n) is 3.55. The van der Waals surface area contributed by atoms with Crippen LogP contribution in [-0.2, 0) is 0 Å². The van der Waals surface area contributed by atoms with Gasteiger partial charge in [-0.2, -0.15) is 5.26 Å². The first-order valence-electron chi connectivity index (χ1n) is 7.14.